The third-order valence-electron chi connectivity index (χ3n) is 8.72. The Morgan fingerprint density at radius 2 is 1.61 bits per heavy atom. The fourth-order valence-electron chi connectivity index (χ4n) is 6.16. The molecular weight excluding hydrogens is 756 g/mol. The van der Waals surface area contributed by atoms with E-state index in [2.05, 4.69) is 26.2 Å². The van der Waals surface area contributed by atoms with Crippen LogP contribution in [-0.4, -0.2) is 79.6 Å². The number of carbonyl (C=O) groups excluding carboxylic acids is 5. The van der Waals surface area contributed by atoms with E-state index >= 15 is 0 Å². The number of anilines is 3. The number of carbonyl (C=O) groups is 5. The average Bonchev–Trinajstić information content (AvgIpc) is 3.87. The van der Waals surface area contributed by atoms with Gasteiger partial charge in [-0.2, -0.15) is 4.68 Å². The number of nitrogens with zero attached hydrogens (tertiary/aromatic N) is 6. The Labute approximate surface area is 330 Å². The number of benzene rings is 4. The van der Waals surface area contributed by atoms with Gasteiger partial charge >= 0.3 is 23.9 Å². The monoisotopic (exact) mass is 790 g/mol. The second-order valence-corrected chi connectivity index (χ2v) is 14.4. The minimum atomic E-state index is -1.17. The lowest BCUT2D eigenvalue weighted by atomic mass is 10.0. The van der Waals surface area contributed by atoms with Crippen molar-refractivity contribution in [2.75, 3.05) is 28.6 Å². The van der Waals surface area contributed by atoms with E-state index in [0.29, 0.717) is 50.1 Å². The maximum Gasteiger partial charge on any atom is 0.417 e. The number of rotatable bonds is 10. The van der Waals surface area contributed by atoms with E-state index in [4.69, 9.17) is 25.5 Å². The SMILES string of the molecule is CC(C)(C)OC(=O)c1cc2cc(NC(=O)[C@H](Cc3ccc(NC(=O)Oc4ccccc4)cc3)N3CCN(c4cc(Cl)ccc4-n4cnnn4)C(=O)C3=O)ccc2o1. The summed E-state index contributed by atoms with van der Waals surface area (Å²) in [5, 5.41) is 17.6. The second-order valence-electron chi connectivity index (χ2n) is 13.9. The summed E-state index contributed by atoms with van der Waals surface area (Å²) in [4.78, 5) is 69.7. The third kappa shape index (κ3) is 8.92. The van der Waals surface area contributed by atoms with Crippen molar-refractivity contribution in [3.8, 4) is 11.4 Å². The summed E-state index contributed by atoms with van der Waals surface area (Å²) in [7, 11) is 0. The maximum absolute atomic E-state index is 14.2. The number of ether oxygens (including phenoxy) is 2. The standard InChI is InChI=1S/C40H35ClN8O8/c1-40(2,3)57-38(53)34-21-25-20-28(14-16-33(25)56-34)43-35(50)32(19-24-9-12-27(13-10-24)44-39(54)55-29-7-5-4-6-8-29)48-18-17-47(36(51)37(48)52)31-22-26(41)11-15-30(31)49-23-42-45-46-49/h4-16,20-23,32H,17-19H2,1-3H3,(H,43,50)(H,44,54)/t32-/m0/s1. The number of fused-ring (bicyclic) bond motifs is 1. The lowest BCUT2D eigenvalue weighted by Gasteiger charge is -2.38. The molecule has 0 saturated carbocycles. The molecule has 0 unspecified atom stereocenters. The molecule has 1 atom stereocenters. The summed E-state index contributed by atoms with van der Waals surface area (Å²) < 4.78 is 17.8. The van der Waals surface area contributed by atoms with E-state index in [1.54, 1.807) is 106 Å². The number of amides is 4. The first kappa shape index (κ1) is 38.2. The highest BCUT2D eigenvalue weighted by atomic mass is 35.5. The number of para-hydroxylation sites is 1. The molecule has 0 aliphatic carbocycles. The zero-order valence-corrected chi connectivity index (χ0v) is 31.6. The Morgan fingerprint density at radius 3 is 2.33 bits per heavy atom. The fraction of sp³-hybridized carbons (Fsp3) is 0.200. The molecule has 16 nitrogen and oxygen atoms in total. The van der Waals surface area contributed by atoms with Gasteiger partial charge in [-0.1, -0.05) is 41.9 Å². The van der Waals surface area contributed by atoms with Gasteiger partial charge in [-0.25, -0.2) is 9.59 Å². The number of aromatic nitrogens is 4. The highest BCUT2D eigenvalue weighted by Crippen LogP contribution is 2.31. The van der Waals surface area contributed by atoms with Gasteiger partial charge in [-0.15, -0.1) is 5.10 Å². The van der Waals surface area contributed by atoms with Crippen LogP contribution in [0.5, 0.6) is 5.75 Å². The summed E-state index contributed by atoms with van der Waals surface area (Å²) in [5.74, 6) is -2.65. The Morgan fingerprint density at radius 1 is 0.860 bits per heavy atom. The molecule has 7 rings (SSSR count). The molecule has 3 heterocycles. The van der Waals surface area contributed by atoms with Gasteiger partial charge in [0.2, 0.25) is 11.7 Å². The summed E-state index contributed by atoms with van der Waals surface area (Å²) in [6.45, 7) is 5.24. The summed E-state index contributed by atoms with van der Waals surface area (Å²) >= 11 is 6.32. The molecule has 2 aromatic heterocycles. The first-order valence-electron chi connectivity index (χ1n) is 17.7. The molecule has 57 heavy (non-hydrogen) atoms. The Hall–Kier alpha value is -7.07. The fourth-order valence-corrected chi connectivity index (χ4v) is 6.33. The molecule has 0 radical (unpaired) electrons. The Bertz CT molecular complexity index is 2470. The largest absolute Gasteiger partial charge is 0.454 e. The van der Waals surface area contributed by atoms with E-state index in [-0.39, 0.29) is 25.3 Å². The van der Waals surface area contributed by atoms with Crippen LogP contribution < -0.4 is 20.3 Å². The number of esters is 1. The molecule has 290 valence electrons. The highest BCUT2D eigenvalue weighted by Gasteiger charge is 2.41. The molecule has 1 saturated heterocycles. The van der Waals surface area contributed by atoms with Gasteiger partial charge in [0.15, 0.2) is 0 Å². The second kappa shape index (κ2) is 16.0. The van der Waals surface area contributed by atoms with Crippen LogP contribution in [-0.2, 0) is 25.5 Å². The number of hydrogen-bond acceptors (Lipinski definition) is 11. The van der Waals surface area contributed by atoms with Crippen LogP contribution in [0.25, 0.3) is 16.7 Å². The van der Waals surface area contributed by atoms with Crippen LogP contribution in [0, 0.1) is 0 Å². The van der Waals surface area contributed by atoms with Gasteiger partial charge in [-0.05, 0) is 103 Å². The van der Waals surface area contributed by atoms with Crippen LogP contribution in [0.3, 0.4) is 0 Å². The minimum absolute atomic E-state index is 0.00235. The van der Waals surface area contributed by atoms with Crippen molar-refractivity contribution in [3.05, 3.63) is 120 Å². The molecule has 6 aromatic rings. The van der Waals surface area contributed by atoms with Crippen LogP contribution in [0.4, 0.5) is 21.9 Å². The predicted molar refractivity (Wildman–Crippen MR) is 208 cm³/mol. The lowest BCUT2D eigenvalue weighted by molar-refractivity contribution is -0.149. The number of piperazine rings is 1. The van der Waals surface area contributed by atoms with Gasteiger partial charge in [0.1, 0.15) is 29.3 Å². The van der Waals surface area contributed by atoms with Crippen LogP contribution in [0.1, 0.15) is 36.9 Å². The zero-order chi connectivity index (χ0) is 40.3. The average molecular weight is 791 g/mol. The van der Waals surface area contributed by atoms with Gasteiger partial charge in [0.25, 0.3) is 0 Å². The van der Waals surface area contributed by atoms with Crippen molar-refractivity contribution >= 4 is 69.4 Å². The van der Waals surface area contributed by atoms with Gasteiger partial charge < -0.3 is 29.0 Å². The molecule has 1 aliphatic rings. The number of tetrazole rings is 1. The normalized spacial score (nSPS) is 13.7. The molecule has 4 aromatic carbocycles. The molecule has 17 heteroatoms. The molecule has 4 amide bonds. The first-order valence-corrected chi connectivity index (χ1v) is 18.0. The number of nitrogens with one attached hydrogen (secondary N) is 2. The Balaban J connectivity index is 1.13. The van der Waals surface area contributed by atoms with Crippen LogP contribution >= 0.6 is 11.6 Å². The van der Waals surface area contributed by atoms with Gasteiger partial charge in [-0.3, -0.25) is 19.7 Å². The van der Waals surface area contributed by atoms with Crippen LogP contribution in [0.2, 0.25) is 5.02 Å². The van der Waals surface area contributed by atoms with Gasteiger partial charge in [0, 0.05) is 41.3 Å². The highest BCUT2D eigenvalue weighted by molar-refractivity contribution is 6.41. The van der Waals surface area contributed by atoms with Crippen molar-refractivity contribution < 1.29 is 37.9 Å². The van der Waals surface area contributed by atoms with E-state index in [9.17, 15) is 24.0 Å². The predicted octanol–water partition coefficient (Wildman–Crippen LogP) is 6.05. The Kier molecular flexibility index (Phi) is 10.7. The van der Waals surface area contributed by atoms with E-state index in [0.717, 1.165) is 0 Å². The molecular formula is C40H35ClN8O8. The first-order chi connectivity index (χ1) is 27.3. The maximum atomic E-state index is 14.2. The van der Waals surface area contributed by atoms with Crippen molar-refractivity contribution in [2.45, 2.75) is 38.8 Å². The van der Waals surface area contributed by atoms with Crippen molar-refractivity contribution in [1.29, 1.82) is 0 Å². The van der Waals surface area contributed by atoms with Crippen molar-refractivity contribution in [2.24, 2.45) is 0 Å². The lowest BCUT2D eigenvalue weighted by Crippen LogP contribution is -2.60. The summed E-state index contributed by atoms with van der Waals surface area (Å²) in [6.07, 6.45) is 0.662. The quantitative estimate of drug-likeness (QED) is 0.121. The molecule has 1 aliphatic heterocycles. The van der Waals surface area contributed by atoms with Crippen molar-refractivity contribution in [3.63, 3.8) is 0 Å². The van der Waals surface area contributed by atoms with E-state index < -0.39 is 41.4 Å². The zero-order valence-electron chi connectivity index (χ0n) is 30.8. The molecule has 0 spiro atoms. The van der Waals surface area contributed by atoms with Crippen LogP contribution in [0.15, 0.2) is 108 Å². The van der Waals surface area contributed by atoms with Crippen molar-refractivity contribution in [1.82, 2.24) is 25.1 Å². The topological polar surface area (TPSA) is 191 Å². The molecule has 2 N–H and O–H groups in total. The molecule has 1 fully saturated rings. The molecule has 0 bridgehead atoms. The smallest absolute Gasteiger partial charge is 0.417 e. The van der Waals surface area contributed by atoms with Gasteiger partial charge in [0.05, 0.1) is 11.4 Å². The third-order valence-corrected chi connectivity index (χ3v) is 8.96. The van der Waals surface area contributed by atoms with E-state index in [1.807, 2.05) is 0 Å². The summed E-state index contributed by atoms with van der Waals surface area (Å²) in [5.41, 5.74) is 1.80. The summed E-state index contributed by atoms with van der Waals surface area (Å²) in [6, 6.07) is 25.2. The van der Waals surface area contributed by atoms with E-state index in [1.165, 1.54) is 32.9 Å². The number of furan rings is 1. The minimum Gasteiger partial charge on any atom is -0.454 e. The number of hydrogen-bond donors (Lipinski definition) is 2. The number of halogens is 1.